The predicted octanol–water partition coefficient (Wildman–Crippen LogP) is 3.15. The number of aliphatic hydroxyl groups is 1. The van der Waals surface area contributed by atoms with Crippen LogP contribution in [-0.4, -0.2) is 22.8 Å². The van der Waals surface area contributed by atoms with Crippen molar-refractivity contribution in [3.8, 4) is 0 Å². The highest BCUT2D eigenvalue weighted by atomic mass is 16.3. The summed E-state index contributed by atoms with van der Waals surface area (Å²) in [5, 5.41) is 13.7. The third-order valence-electron chi connectivity index (χ3n) is 3.02. The Hall–Kier alpha value is -0.860. The van der Waals surface area contributed by atoms with Crippen LogP contribution in [0.25, 0.3) is 0 Å². The lowest BCUT2D eigenvalue weighted by Gasteiger charge is -2.29. The summed E-state index contributed by atoms with van der Waals surface area (Å²) in [5.74, 6) is 0. The molecule has 0 aliphatic heterocycles. The first-order valence-corrected chi connectivity index (χ1v) is 6.80. The summed E-state index contributed by atoms with van der Waals surface area (Å²) < 4.78 is 0. The first-order valence-electron chi connectivity index (χ1n) is 6.80. The van der Waals surface area contributed by atoms with Crippen LogP contribution in [0.5, 0.6) is 0 Å². The van der Waals surface area contributed by atoms with Crippen LogP contribution in [0.4, 0.5) is 0 Å². The van der Waals surface area contributed by atoms with E-state index < -0.39 is 5.60 Å². The van der Waals surface area contributed by atoms with Crippen molar-refractivity contribution in [2.24, 2.45) is 0 Å². The van der Waals surface area contributed by atoms with Crippen molar-refractivity contribution in [2.75, 3.05) is 6.54 Å². The molecule has 102 valence electrons. The maximum absolute atomic E-state index is 10.3. The fourth-order valence-corrected chi connectivity index (χ4v) is 1.86. The molecule has 1 aromatic rings. The minimum atomic E-state index is -0.623. The molecule has 2 N–H and O–H groups in total. The van der Waals surface area contributed by atoms with Crippen LogP contribution < -0.4 is 5.32 Å². The minimum absolute atomic E-state index is 0.0589. The summed E-state index contributed by atoms with van der Waals surface area (Å²) in [5.41, 5.74) is 0.781. The van der Waals surface area contributed by atoms with Gasteiger partial charge in [-0.1, -0.05) is 30.3 Å². The summed E-state index contributed by atoms with van der Waals surface area (Å²) in [4.78, 5) is 0. The van der Waals surface area contributed by atoms with E-state index in [-0.39, 0.29) is 5.54 Å². The molecule has 2 heteroatoms. The molecule has 0 saturated carbocycles. The van der Waals surface area contributed by atoms with E-state index >= 15 is 0 Å². The molecule has 1 rings (SSSR count). The molecule has 0 aliphatic carbocycles. The van der Waals surface area contributed by atoms with Gasteiger partial charge in [0.2, 0.25) is 0 Å². The molecule has 0 aliphatic rings. The van der Waals surface area contributed by atoms with Crippen molar-refractivity contribution in [2.45, 2.75) is 58.1 Å². The van der Waals surface area contributed by atoms with Crippen LogP contribution in [0.2, 0.25) is 0 Å². The third-order valence-corrected chi connectivity index (χ3v) is 3.02. The third kappa shape index (κ3) is 6.77. The second-order valence-electron chi connectivity index (χ2n) is 6.44. The summed E-state index contributed by atoms with van der Waals surface area (Å²) in [6.07, 6.45) is 2.88. The van der Waals surface area contributed by atoms with Gasteiger partial charge in [-0.25, -0.2) is 0 Å². The largest absolute Gasteiger partial charge is 0.389 e. The molecular formula is C16H27NO. The Morgan fingerprint density at radius 1 is 1.06 bits per heavy atom. The van der Waals surface area contributed by atoms with Crippen molar-refractivity contribution in [3.63, 3.8) is 0 Å². The van der Waals surface area contributed by atoms with Gasteiger partial charge >= 0.3 is 0 Å². The molecule has 0 heterocycles. The van der Waals surface area contributed by atoms with E-state index in [1.807, 2.05) is 13.0 Å². The molecule has 0 aromatic heterocycles. The average Bonchev–Trinajstić information content (AvgIpc) is 2.27. The summed E-state index contributed by atoms with van der Waals surface area (Å²) in [7, 11) is 0. The van der Waals surface area contributed by atoms with Gasteiger partial charge in [0, 0.05) is 12.1 Å². The van der Waals surface area contributed by atoms with Gasteiger partial charge in [0.15, 0.2) is 0 Å². The fraction of sp³-hybridized carbons (Fsp3) is 0.625. The van der Waals surface area contributed by atoms with E-state index in [0.29, 0.717) is 6.54 Å². The van der Waals surface area contributed by atoms with E-state index in [4.69, 9.17) is 0 Å². The van der Waals surface area contributed by atoms with Crippen molar-refractivity contribution >= 4 is 0 Å². The Balaban J connectivity index is 2.29. The van der Waals surface area contributed by atoms with E-state index in [2.05, 4.69) is 50.4 Å². The van der Waals surface area contributed by atoms with E-state index in [1.54, 1.807) is 0 Å². The van der Waals surface area contributed by atoms with Gasteiger partial charge in [0.25, 0.3) is 0 Å². The van der Waals surface area contributed by atoms with Crippen LogP contribution in [-0.2, 0) is 6.42 Å². The zero-order valence-corrected chi connectivity index (χ0v) is 12.2. The SMILES string of the molecule is CC(O)(CCCc1ccccc1)CNC(C)(C)C. The smallest absolute Gasteiger partial charge is 0.0743 e. The van der Waals surface area contributed by atoms with Crippen LogP contribution >= 0.6 is 0 Å². The van der Waals surface area contributed by atoms with Crippen LogP contribution in [0.1, 0.15) is 46.1 Å². The van der Waals surface area contributed by atoms with Crippen molar-refractivity contribution < 1.29 is 5.11 Å². The molecule has 0 saturated heterocycles. The van der Waals surface area contributed by atoms with Crippen molar-refractivity contribution in [1.82, 2.24) is 5.32 Å². The monoisotopic (exact) mass is 249 g/mol. The summed E-state index contributed by atoms with van der Waals surface area (Å²) >= 11 is 0. The topological polar surface area (TPSA) is 32.3 Å². The number of hydrogen-bond donors (Lipinski definition) is 2. The van der Waals surface area contributed by atoms with Gasteiger partial charge in [0.1, 0.15) is 0 Å². The van der Waals surface area contributed by atoms with Gasteiger partial charge in [-0.3, -0.25) is 0 Å². The Labute approximate surface area is 111 Å². The van der Waals surface area contributed by atoms with Gasteiger partial charge in [-0.05, 0) is 52.5 Å². The van der Waals surface area contributed by atoms with E-state index in [0.717, 1.165) is 19.3 Å². The quantitative estimate of drug-likeness (QED) is 0.811. The molecule has 0 spiro atoms. The second-order valence-corrected chi connectivity index (χ2v) is 6.44. The van der Waals surface area contributed by atoms with Crippen LogP contribution in [0.3, 0.4) is 0 Å². The number of aryl methyl sites for hydroxylation is 1. The van der Waals surface area contributed by atoms with Crippen molar-refractivity contribution in [1.29, 1.82) is 0 Å². The summed E-state index contributed by atoms with van der Waals surface area (Å²) in [6, 6.07) is 10.4. The Morgan fingerprint density at radius 2 is 1.67 bits per heavy atom. The first-order chi connectivity index (χ1) is 8.29. The van der Waals surface area contributed by atoms with E-state index in [9.17, 15) is 5.11 Å². The molecule has 2 nitrogen and oxygen atoms in total. The van der Waals surface area contributed by atoms with Gasteiger partial charge < -0.3 is 10.4 Å². The fourth-order valence-electron chi connectivity index (χ4n) is 1.86. The van der Waals surface area contributed by atoms with Crippen molar-refractivity contribution in [3.05, 3.63) is 35.9 Å². The lowest BCUT2D eigenvalue weighted by Crippen LogP contribution is -2.46. The Morgan fingerprint density at radius 3 is 2.22 bits per heavy atom. The predicted molar refractivity (Wildman–Crippen MR) is 77.8 cm³/mol. The Bertz CT molecular complexity index is 338. The number of nitrogens with one attached hydrogen (secondary N) is 1. The van der Waals surface area contributed by atoms with E-state index in [1.165, 1.54) is 5.56 Å². The molecule has 18 heavy (non-hydrogen) atoms. The lowest BCUT2D eigenvalue weighted by atomic mass is 9.95. The molecule has 1 unspecified atom stereocenters. The number of β-amino-alcohol motifs (C(OH)–C–C–N with tert-alkyl or cyclic N) is 1. The standard InChI is InChI=1S/C16H27NO/c1-15(2,3)17-13-16(4,18)12-8-11-14-9-6-5-7-10-14/h5-7,9-10,17-18H,8,11-13H2,1-4H3. The number of benzene rings is 1. The number of rotatable bonds is 6. The van der Waals surface area contributed by atoms with Crippen LogP contribution in [0.15, 0.2) is 30.3 Å². The maximum Gasteiger partial charge on any atom is 0.0743 e. The molecule has 0 radical (unpaired) electrons. The molecule has 0 fully saturated rings. The highest BCUT2D eigenvalue weighted by Gasteiger charge is 2.22. The average molecular weight is 249 g/mol. The van der Waals surface area contributed by atoms with Crippen LogP contribution in [0, 0.1) is 0 Å². The molecule has 1 atom stereocenters. The molecular weight excluding hydrogens is 222 g/mol. The summed E-state index contributed by atoms with van der Waals surface area (Å²) in [6.45, 7) is 8.91. The first kappa shape index (κ1) is 15.2. The van der Waals surface area contributed by atoms with Gasteiger partial charge in [-0.2, -0.15) is 0 Å². The van der Waals surface area contributed by atoms with Gasteiger partial charge in [-0.15, -0.1) is 0 Å². The minimum Gasteiger partial charge on any atom is -0.389 e. The zero-order valence-electron chi connectivity index (χ0n) is 12.2. The molecule has 1 aromatic carbocycles. The lowest BCUT2D eigenvalue weighted by molar-refractivity contribution is 0.0426. The van der Waals surface area contributed by atoms with Gasteiger partial charge in [0.05, 0.1) is 5.60 Å². The normalized spacial score (nSPS) is 15.4. The second kappa shape index (κ2) is 6.35. The number of hydrogen-bond acceptors (Lipinski definition) is 2. The maximum atomic E-state index is 10.3. The highest BCUT2D eigenvalue weighted by molar-refractivity contribution is 5.14. The Kier molecular flexibility index (Phi) is 5.36. The highest BCUT2D eigenvalue weighted by Crippen LogP contribution is 2.15. The zero-order chi connectivity index (χ0) is 13.6. The molecule has 0 bridgehead atoms. The molecule has 0 amide bonds.